The number of phenols is 1. The minimum Gasteiger partial charge on any atom is -0.508 e. The number of carbonyl (C=O) groups is 2. The Kier molecular flexibility index (Phi) is 10.9. The van der Waals surface area contributed by atoms with Gasteiger partial charge in [-0.3, -0.25) is 19.5 Å². The third-order valence-electron chi connectivity index (χ3n) is 10.2. The molecule has 1 atom stereocenters. The zero-order chi connectivity index (χ0) is 36.0. The first-order valence-corrected chi connectivity index (χ1v) is 18.0. The number of allylic oxidation sites excluding steroid dienone is 2. The molecule has 1 saturated heterocycles. The first-order chi connectivity index (χ1) is 25.3. The summed E-state index contributed by atoms with van der Waals surface area (Å²) in [5, 5.41) is 20.3. The number of phenolic OH excluding ortho intramolecular Hbond substituents is 1. The highest BCUT2D eigenvalue weighted by molar-refractivity contribution is 5.99. The van der Waals surface area contributed by atoms with Crippen LogP contribution >= 0.6 is 0 Å². The topological polar surface area (TPSA) is 125 Å². The number of nitrogens with zero attached hydrogens (tertiary/aromatic N) is 5. The maximum absolute atomic E-state index is 14.5. The second-order valence-corrected chi connectivity index (χ2v) is 13.9. The third-order valence-corrected chi connectivity index (χ3v) is 10.2. The number of aliphatic imine (C=N–C) groups is 1. The van der Waals surface area contributed by atoms with Gasteiger partial charge >= 0.3 is 0 Å². The first-order valence-electron chi connectivity index (χ1n) is 18.0. The van der Waals surface area contributed by atoms with Crippen molar-refractivity contribution in [2.24, 2.45) is 4.99 Å². The van der Waals surface area contributed by atoms with E-state index in [0.717, 1.165) is 86.9 Å². The number of aromatic nitrogens is 1. The quantitative estimate of drug-likeness (QED) is 0.203. The van der Waals surface area contributed by atoms with Crippen LogP contribution in [0.2, 0.25) is 0 Å². The van der Waals surface area contributed by atoms with Gasteiger partial charge in [0.05, 0.1) is 17.8 Å². The van der Waals surface area contributed by atoms with Crippen molar-refractivity contribution in [3.63, 3.8) is 0 Å². The summed E-state index contributed by atoms with van der Waals surface area (Å²) >= 11 is 0. The molecule has 4 N–H and O–H groups in total. The van der Waals surface area contributed by atoms with Crippen LogP contribution in [0.25, 0.3) is 11.1 Å². The van der Waals surface area contributed by atoms with E-state index in [1.54, 1.807) is 23.1 Å². The lowest BCUT2D eigenvalue weighted by molar-refractivity contribution is -0.118. The molecule has 0 spiro atoms. The maximum atomic E-state index is 14.5. The summed E-state index contributed by atoms with van der Waals surface area (Å²) in [4.78, 5) is 39.7. The number of rotatable bonds is 11. The molecule has 1 aliphatic carbocycles. The predicted octanol–water partition coefficient (Wildman–Crippen LogP) is 5.10. The lowest BCUT2D eigenvalue weighted by Gasteiger charge is -2.30. The molecule has 1 aromatic heterocycles. The van der Waals surface area contributed by atoms with E-state index >= 15 is 0 Å². The summed E-state index contributed by atoms with van der Waals surface area (Å²) in [6.07, 6.45) is 10.8. The highest BCUT2D eigenvalue weighted by Crippen LogP contribution is 2.31. The molecule has 7 rings (SSSR count). The molecule has 4 aliphatic rings. The summed E-state index contributed by atoms with van der Waals surface area (Å²) in [5.41, 5.74) is 3.61. The van der Waals surface area contributed by atoms with Crippen LogP contribution < -0.4 is 16.0 Å². The van der Waals surface area contributed by atoms with Crippen LogP contribution in [-0.2, 0) is 11.3 Å². The number of carbonyl (C=O) groups excluding carboxylic acids is 2. The minimum absolute atomic E-state index is 0.0514. The molecule has 2 fully saturated rings. The molecular weight excluding hydrogens is 666 g/mol. The Hall–Kier alpha value is -5.14. The van der Waals surface area contributed by atoms with Gasteiger partial charge in [0.15, 0.2) is 0 Å². The Morgan fingerprint density at radius 3 is 2.67 bits per heavy atom. The van der Waals surface area contributed by atoms with Crippen LogP contribution in [0.15, 0.2) is 83.9 Å². The average molecular weight is 711 g/mol. The van der Waals surface area contributed by atoms with Crippen molar-refractivity contribution in [1.82, 2.24) is 30.3 Å². The van der Waals surface area contributed by atoms with Crippen LogP contribution in [0.3, 0.4) is 0 Å². The Labute approximate surface area is 302 Å². The number of pyridine rings is 1. The van der Waals surface area contributed by atoms with Crippen molar-refractivity contribution >= 4 is 29.7 Å². The van der Waals surface area contributed by atoms with E-state index < -0.39 is 5.82 Å². The van der Waals surface area contributed by atoms with E-state index in [1.807, 2.05) is 35.2 Å². The number of benzene rings is 2. The van der Waals surface area contributed by atoms with Gasteiger partial charge in [-0.1, -0.05) is 18.2 Å². The van der Waals surface area contributed by atoms with Crippen molar-refractivity contribution in [3.8, 4) is 16.9 Å². The Balaban J connectivity index is 0.967. The number of halogens is 2. The molecule has 272 valence electrons. The predicted molar refractivity (Wildman–Crippen MR) is 196 cm³/mol. The lowest BCUT2D eigenvalue weighted by Crippen LogP contribution is -2.44. The van der Waals surface area contributed by atoms with E-state index in [0.29, 0.717) is 37.9 Å². The molecule has 3 aliphatic heterocycles. The number of hydrogen-bond acceptors (Lipinski definition) is 9. The fourth-order valence-electron chi connectivity index (χ4n) is 7.45. The van der Waals surface area contributed by atoms with Crippen LogP contribution in [0.5, 0.6) is 5.75 Å². The lowest BCUT2D eigenvalue weighted by atomic mass is 9.91. The molecule has 1 unspecified atom stereocenters. The summed E-state index contributed by atoms with van der Waals surface area (Å²) in [6.45, 7) is 4.94. The van der Waals surface area contributed by atoms with Gasteiger partial charge in [0.1, 0.15) is 29.0 Å². The average Bonchev–Trinajstić information content (AvgIpc) is 3.41. The zero-order valence-electron chi connectivity index (χ0n) is 29.0. The van der Waals surface area contributed by atoms with Crippen LogP contribution in [0.4, 0.5) is 20.3 Å². The standard InChI is InChI=1S/C39H44F2N8O3/c40-28-5-12-37-44-33(24-49(37)23-28)21-42-30-6-8-31(9-7-30)46-39(52)36-19-29(41)20-43-38(36)45-32-4-1-3-26(17-32)35-11-10-34(51)18-27(35)22-47-13-2-14-48(25-50)16-15-47/h1,3-5,10-12,17-20,23,25,30-31,33,42,51H,2,6-9,13-16,21-22,24H2,(H,43,45)(H,46,52)/t30-,31+,33?. The highest BCUT2D eigenvalue weighted by Gasteiger charge is 2.28. The van der Waals surface area contributed by atoms with Gasteiger partial charge in [0.2, 0.25) is 6.41 Å². The molecule has 0 bridgehead atoms. The van der Waals surface area contributed by atoms with Gasteiger partial charge in [0.25, 0.3) is 5.91 Å². The van der Waals surface area contributed by atoms with Crippen molar-refractivity contribution in [2.75, 3.05) is 44.6 Å². The Bertz CT molecular complexity index is 1880. The molecule has 0 radical (unpaired) electrons. The summed E-state index contributed by atoms with van der Waals surface area (Å²) in [7, 11) is 0. The van der Waals surface area contributed by atoms with Crippen molar-refractivity contribution in [2.45, 2.75) is 56.8 Å². The number of amides is 2. The Morgan fingerprint density at radius 2 is 1.83 bits per heavy atom. The number of aromatic hydroxyl groups is 1. The van der Waals surface area contributed by atoms with Gasteiger partial charge in [-0.25, -0.2) is 13.8 Å². The number of anilines is 2. The first kappa shape index (κ1) is 35.3. The molecule has 2 amide bonds. The van der Waals surface area contributed by atoms with Crippen molar-refractivity contribution in [3.05, 3.63) is 95.9 Å². The van der Waals surface area contributed by atoms with E-state index in [4.69, 9.17) is 0 Å². The second kappa shape index (κ2) is 16.0. The molecule has 4 heterocycles. The number of fused-ring (bicyclic) bond motifs is 1. The third kappa shape index (κ3) is 8.65. The van der Waals surface area contributed by atoms with E-state index in [-0.39, 0.29) is 40.9 Å². The largest absolute Gasteiger partial charge is 0.508 e. The van der Waals surface area contributed by atoms with Gasteiger partial charge in [-0.05, 0) is 91.3 Å². The zero-order valence-corrected chi connectivity index (χ0v) is 29.0. The fraction of sp³-hybridized carbons (Fsp3) is 0.385. The monoisotopic (exact) mass is 710 g/mol. The molecule has 1 saturated carbocycles. The minimum atomic E-state index is -0.601. The van der Waals surface area contributed by atoms with E-state index in [9.17, 15) is 23.5 Å². The summed E-state index contributed by atoms with van der Waals surface area (Å²) < 4.78 is 28.0. The summed E-state index contributed by atoms with van der Waals surface area (Å²) in [5.74, 6) is -0.0453. The van der Waals surface area contributed by atoms with Crippen LogP contribution in [0.1, 0.15) is 48.0 Å². The molecule has 52 heavy (non-hydrogen) atoms. The molecule has 13 heteroatoms. The van der Waals surface area contributed by atoms with Crippen LogP contribution in [-0.4, -0.2) is 100 Å². The Morgan fingerprint density at radius 1 is 0.981 bits per heavy atom. The normalized spacial score (nSPS) is 21.9. The molecular formula is C39H44F2N8O3. The highest BCUT2D eigenvalue weighted by atomic mass is 19.1. The second-order valence-electron chi connectivity index (χ2n) is 13.9. The van der Waals surface area contributed by atoms with Crippen LogP contribution in [0, 0.1) is 5.82 Å². The van der Waals surface area contributed by atoms with Crippen molar-refractivity contribution in [1.29, 1.82) is 0 Å². The number of hydrogen-bond donors (Lipinski definition) is 4. The van der Waals surface area contributed by atoms with Gasteiger partial charge < -0.3 is 30.9 Å². The van der Waals surface area contributed by atoms with E-state index in [1.165, 1.54) is 18.3 Å². The van der Waals surface area contributed by atoms with Gasteiger partial charge in [-0.2, -0.15) is 0 Å². The van der Waals surface area contributed by atoms with E-state index in [2.05, 4.69) is 30.8 Å². The van der Waals surface area contributed by atoms with Gasteiger partial charge in [-0.15, -0.1) is 0 Å². The maximum Gasteiger partial charge on any atom is 0.255 e. The molecule has 2 aromatic carbocycles. The summed E-state index contributed by atoms with van der Waals surface area (Å²) in [6, 6.07) is 14.5. The van der Waals surface area contributed by atoms with Crippen molar-refractivity contribution < 1.29 is 23.5 Å². The SMILES string of the molecule is O=CN1CCCN(Cc2cc(O)ccc2-c2cccc(Nc3ncc(F)cc3C(=O)N[C@H]3CC[C@@H](NCC4CN5C=C(F)C=CC5=N4)CC3)c2)CC1. The fourth-order valence-corrected chi connectivity index (χ4v) is 7.45. The smallest absolute Gasteiger partial charge is 0.255 e. The number of nitrogens with one attached hydrogen (secondary N) is 3. The molecule has 3 aromatic rings. The number of amidine groups is 1. The van der Waals surface area contributed by atoms with Gasteiger partial charge in [0, 0.05) is 69.8 Å². The molecule has 11 nitrogen and oxygen atoms in total.